The first-order chi connectivity index (χ1) is 8.79. The summed E-state index contributed by atoms with van der Waals surface area (Å²) in [6.45, 7) is 5.98. The number of amides is 1. The zero-order valence-corrected chi connectivity index (χ0v) is 10.9. The molecular weight excluding hydrogens is 226 g/mol. The number of hydrogen-bond acceptors (Lipinski definition) is 3. The highest BCUT2D eigenvalue weighted by atomic mass is 16.1. The maximum Gasteiger partial charge on any atom is 0.224 e. The lowest BCUT2D eigenvalue weighted by Crippen LogP contribution is -2.27. The minimum Gasteiger partial charge on any atom is -0.326 e. The molecule has 4 heteroatoms. The molecule has 0 spiro atoms. The van der Waals surface area contributed by atoms with Crippen LogP contribution in [-0.2, 0) is 17.8 Å². The highest BCUT2D eigenvalue weighted by molar-refractivity contribution is 5.93. The van der Waals surface area contributed by atoms with Crippen molar-refractivity contribution in [2.24, 2.45) is 0 Å². The van der Waals surface area contributed by atoms with Crippen LogP contribution in [0.15, 0.2) is 18.2 Å². The van der Waals surface area contributed by atoms with Gasteiger partial charge in [-0.15, -0.1) is 0 Å². The summed E-state index contributed by atoms with van der Waals surface area (Å²) in [5.41, 5.74) is 3.50. The Morgan fingerprint density at radius 2 is 2.06 bits per heavy atom. The van der Waals surface area contributed by atoms with Crippen LogP contribution < -0.4 is 16.0 Å². The van der Waals surface area contributed by atoms with Crippen LogP contribution in [0.1, 0.15) is 24.5 Å². The van der Waals surface area contributed by atoms with Crippen molar-refractivity contribution < 1.29 is 4.79 Å². The Hall–Kier alpha value is -1.39. The van der Waals surface area contributed by atoms with Crippen molar-refractivity contribution in [3.63, 3.8) is 0 Å². The van der Waals surface area contributed by atoms with Crippen LogP contribution >= 0.6 is 0 Å². The molecule has 0 aromatic heterocycles. The van der Waals surface area contributed by atoms with E-state index in [1.807, 2.05) is 6.07 Å². The monoisotopic (exact) mass is 247 g/mol. The number of nitrogens with one attached hydrogen (secondary N) is 3. The lowest BCUT2D eigenvalue weighted by atomic mass is 10.0. The van der Waals surface area contributed by atoms with Crippen LogP contribution in [0.25, 0.3) is 0 Å². The van der Waals surface area contributed by atoms with E-state index in [1.165, 1.54) is 11.1 Å². The van der Waals surface area contributed by atoms with Crippen molar-refractivity contribution in [3.8, 4) is 0 Å². The van der Waals surface area contributed by atoms with Crippen molar-refractivity contribution >= 4 is 11.6 Å². The average molecular weight is 247 g/mol. The number of aryl methyl sites for hydroxylation is 1. The van der Waals surface area contributed by atoms with Gasteiger partial charge in [0.15, 0.2) is 0 Å². The summed E-state index contributed by atoms with van der Waals surface area (Å²) in [6.07, 6.45) is 1.46. The van der Waals surface area contributed by atoms with Gasteiger partial charge in [0, 0.05) is 31.7 Å². The third-order valence-corrected chi connectivity index (χ3v) is 3.12. The lowest BCUT2D eigenvalue weighted by molar-refractivity contribution is -0.116. The molecule has 1 aromatic rings. The van der Waals surface area contributed by atoms with Crippen molar-refractivity contribution in [1.29, 1.82) is 0 Å². The first-order valence-corrected chi connectivity index (χ1v) is 6.62. The number of rotatable bonds is 6. The summed E-state index contributed by atoms with van der Waals surface area (Å²) < 4.78 is 0. The molecule has 4 nitrogen and oxygen atoms in total. The van der Waals surface area contributed by atoms with Crippen molar-refractivity contribution in [1.82, 2.24) is 10.6 Å². The molecule has 0 unspecified atom stereocenters. The second kappa shape index (κ2) is 6.52. The maximum absolute atomic E-state index is 11.3. The van der Waals surface area contributed by atoms with E-state index >= 15 is 0 Å². The maximum atomic E-state index is 11.3. The molecule has 0 bridgehead atoms. The second-order valence-electron chi connectivity index (χ2n) is 4.57. The fourth-order valence-corrected chi connectivity index (χ4v) is 2.13. The molecule has 0 atom stereocenters. The number of benzene rings is 1. The summed E-state index contributed by atoms with van der Waals surface area (Å²) in [7, 11) is 0. The Bertz CT molecular complexity index is 418. The first kappa shape index (κ1) is 13.1. The number of anilines is 1. The van der Waals surface area contributed by atoms with Crippen LogP contribution in [0.4, 0.5) is 5.69 Å². The largest absolute Gasteiger partial charge is 0.326 e. The molecule has 1 aromatic carbocycles. The molecule has 0 fully saturated rings. The fourth-order valence-electron chi connectivity index (χ4n) is 2.13. The molecule has 98 valence electrons. The molecule has 2 rings (SSSR count). The highest BCUT2D eigenvalue weighted by Crippen LogP contribution is 2.23. The standard InChI is InChI=1S/C14H21N3O/c1-2-15-7-8-16-10-11-3-5-13-12(9-11)4-6-14(18)17-13/h3,5,9,15-16H,2,4,6-8,10H2,1H3,(H,17,18). The van der Waals surface area contributed by atoms with E-state index in [9.17, 15) is 4.79 Å². The van der Waals surface area contributed by atoms with Crippen LogP contribution in [0.2, 0.25) is 0 Å². The first-order valence-electron chi connectivity index (χ1n) is 6.62. The topological polar surface area (TPSA) is 53.2 Å². The van der Waals surface area contributed by atoms with E-state index in [0.29, 0.717) is 6.42 Å². The Balaban J connectivity index is 1.85. The minimum atomic E-state index is 0.124. The predicted molar refractivity (Wildman–Crippen MR) is 73.6 cm³/mol. The molecule has 3 N–H and O–H groups in total. The molecular formula is C14H21N3O. The minimum absolute atomic E-state index is 0.124. The molecule has 18 heavy (non-hydrogen) atoms. The Morgan fingerprint density at radius 1 is 1.22 bits per heavy atom. The van der Waals surface area contributed by atoms with Crippen LogP contribution in [0.3, 0.4) is 0 Å². The van der Waals surface area contributed by atoms with Crippen molar-refractivity contribution in [2.75, 3.05) is 25.0 Å². The summed E-state index contributed by atoms with van der Waals surface area (Å²) in [6, 6.07) is 6.27. The van der Waals surface area contributed by atoms with E-state index in [4.69, 9.17) is 0 Å². The molecule has 0 radical (unpaired) electrons. The van der Waals surface area contributed by atoms with Gasteiger partial charge >= 0.3 is 0 Å². The van der Waals surface area contributed by atoms with Gasteiger partial charge in [0.2, 0.25) is 5.91 Å². The van der Waals surface area contributed by atoms with Crippen molar-refractivity contribution in [3.05, 3.63) is 29.3 Å². The number of carbonyl (C=O) groups excluding carboxylic acids is 1. The van der Waals surface area contributed by atoms with Gasteiger partial charge in [-0.3, -0.25) is 4.79 Å². The van der Waals surface area contributed by atoms with E-state index in [-0.39, 0.29) is 5.91 Å². The van der Waals surface area contributed by atoms with Gasteiger partial charge in [0.25, 0.3) is 0 Å². The Labute approximate surface area is 108 Å². The average Bonchev–Trinajstić information content (AvgIpc) is 2.38. The van der Waals surface area contributed by atoms with Gasteiger partial charge in [0.05, 0.1) is 0 Å². The van der Waals surface area contributed by atoms with Gasteiger partial charge < -0.3 is 16.0 Å². The van der Waals surface area contributed by atoms with Gasteiger partial charge in [-0.05, 0) is 30.2 Å². The normalized spacial score (nSPS) is 14.2. The molecule has 1 heterocycles. The van der Waals surface area contributed by atoms with Crippen LogP contribution in [-0.4, -0.2) is 25.5 Å². The zero-order chi connectivity index (χ0) is 12.8. The van der Waals surface area contributed by atoms with E-state index in [1.54, 1.807) is 0 Å². The Morgan fingerprint density at radius 3 is 2.89 bits per heavy atom. The van der Waals surface area contributed by atoms with Gasteiger partial charge in [0.1, 0.15) is 0 Å². The van der Waals surface area contributed by atoms with Crippen LogP contribution in [0, 0.1) is 0 Å². The summed E-state index contributed by atoms with van der Waals surface area (Å²) in [4.78, 5) is 11.3. The zero-order valence-electron chi connectivity index (χ0n) is 10.9. The molecule has 1 amide bonds. The van der Waals surface area contributed by atoms with Crippen LogP contribution in [0.5, 0.6) is 0 Å². The number of hydrogen-bond donors (Lipinski definition) is 3. The van der Waals surface area contributed by atoms with Gasteiger partial charge in [-0.1, -0.05) is 19.1 Å². The molecule has 1 aliphatic heterocycles. The van der Waals surface area contributed by atoms with Gasteiger partial charge in [-0.25, -0.2) is 0 Å². The lowest BCUT2D eigenvalue weighted by Gasteiger charge is -2.17. The van der Waals surface area contributed by atoms with Gasteiger partial charge in [-0.2, -0.15) is 0 Å². The quantitative estimate of drug-likeness (QED) is 0.664. The second-order valence-corrected chi connectivity index (χ2v) is 4.57. The smallest absolute Gasteiger partial charge is 0.224 e. The fraction of sp³-hybridized carbons (Fsp3) is 0.500. The summed E-state index contributed by atoms with van der Waals surface area (Å²) >= 11 is 0. The summed E-state index contributed by atoms with van der Waals surface area (Å²) in [5, 5.41) is 9.58. The number of likely N-dealkylation sites (N-methyl/N-ethyl adjacent to an activating group) is 1. The number of fused-ring (bicyclic) bond motifs is 1. The van der Waals surface area contributed by atoms with E-state index in [0.717, 1.165) is 38.3 Å². The molecule has 1 aliphatic rings. The third kappa shape index (κ3) is 3.55. The highest BCUT2D eigenvalue weighted by Gasteiger charge is 2.14. The summed E-state index contributed by atoms with van der Waals surface area (Å²) in [5.74, 6) is 0.124. The molecule has 0 saturated heterocycles. The van der Waals surface area contributed by atoms with E-state index < -0.39 is 0 Å². The molecule has 0 saturated carbocycles. The predicted octanol–water partition coefficient (Wildman–Crippen LogP) is 1.27. The SMILES string of the molecule is CCNCCNCc1ccc2c(c1)CCC(=O)N2. The van der Waals surface area contributed by atoms with Crippen molar-refractivity contribution in [2.45, 2.75) is 26.3 Å². The number of carbonyl (C=O) groups is 1. The third-order valence-electron chi connectivity index (χ3n) is 3.12. The Kier molecular flexibility index (Phi) is 4.73. The van der Waals surface area contributed by atoms with E-state index in [2.05, 4.69) is 35.0 Å². The molecule has 0 aliphatic carbocycles.